The van der Waals surface area contributed by atoms with Crippen molar-refractivity contribution >= 4 is 17.9 Å². The molecule has 90 valence electrons. The molecule has 0 N–H and O–H groups in total. The van der Waals surface area contributed by atoms with Gasteiger partial charge >= 0.3 is 17.9 Å². The maximum atomic E-state index is 11.4. The van der Waals surface area contributed by atoms with Gasteiger partial charge in [-0.25, -0.2) is 9.59 Å². The number of benzene rings is 1. The van der Waals surface area contributed by atoms with Crippen molar-refractivity contribution in [3.8, 4) is 0 Å². The number of methoxy groups -OCH3 is 1. The third-order valence-corrected chi connectivity index (χ3v) is 2.04. The molecular weight excluding hydrogens is 224 g/mol. The monoisotopic (exact) mass is 236 g/mol. The van der Waals surface area contributed by atoms with Crippen LogP contribution in [-0.2, 0) is 14.3 Å². The molecule has 0 unspecified atom stereocenters. The molecule has 5 nitrogen and oxygen atoms in total. The molecule has 0 aromatic heterocycles. The largest absolute Gasteiger partial charge is 0.465 e. The zero-order valence-corrected chi connectivity index (χ0v) is 9.56. The highest BCUT2D eigenvalue weighted by molar-refractivity contribution is 5.97. The SMILES string of the molecule is CCC(=O)OC(=O)c1ccc(C(=O)OC)cc1. The lowest BCUT2D eigenvalue weighted by atomic mass is 10.1. The van der Waals surface area contributed by atoms with E-state index in [0.717, 1.165) is 0 Å². The highest BCUT2D eigenvalue weighted by Crippen LogP contribution is 2.07. The highest BCUT2D eigenvalue weighted by Gasteiger charge is 2.12. The summed E-state index contributed by atoms with van der Waals surface area (Å²) in [6.07, 6.45) is 0.131. The fraction of sp³-hybridized carbons (Fsp3) is 0.250. The molecule has 0 saturated heterocycles. The van der Waals surface area contributed by atoms with Crippen LogP contribution in [0.25, 0.3) is 0 Å². The molecule has 1 rings (SSSR count). The number of rotatable bonds is 3. The van der Waals surface area contributed by atoms with Crippen LogP contribution in [-0.4, -0.2) is 25.0 Å². The van der Waals surface area contributed by atoms with Gasteiger partial charge in [-0.15, -0.1) is 0 Å². The Bertz CT molecular complexity index is 433. The van der Waals surface area contributed by atoms with E-state index in [2.05, 4.69) is 9.47 Å². The predicted octanol–water partition coefficient (Wildman–Crippen LogP) is 1.57. The molecule has 1 aromatic carbocycles. The summed E-state index contributed by atoms with van der Waals surface area (Å²) in [5.41, 5.74) is 0.533. The van der Waals surface area contributed by atoms with E-state index in [4.69, 9.17) is 0 Å². The van der Waals surface area contributed by atoms with Gasteiger partial charge in [0.05, 0.1) is 18.2 Å². The summed E-state index contributed by atoms with van der Waals surface area (Å²) in [6, 6.07) is 5.66. The Balaban J connectivity index is 2.77. The highest BCUT2D eigenvalue weighted by atomic mass is 16.6. The minimum absolute atomic E-state index is 0.131. The van der Waals surface area contributed by atoms with Gasteiger partial charge in [-0.2, -0.15) is 0 Å². The van der Waals surface area contributed by atoms with Gasteiger partial charge in [-0.1, -0.05) is 6.92 Å². The number of esters is 3. The molecule has 0 aliphatic rings. The van der Waals surface area contributed by atoms with Crippen LogP contribution in [0.2, 0.25) is 0 Å². The van der Waals surface area contributed by atoms with Gasteiger partial charge in [0.2, 0.25) is 0 Å². The lowest BCUT2D eigenvalue weighted by Gasteiger charge is -2.02. The van der Waals surface area contributed by atoms with Crippen molar-refractivity contribution in [3.05, 3.63) is 35.4 Å². The van der Waals surface area contributed by atoms with E-state index in [1.807, 2.05) is 0 Å². The zero-order chi connectivity index (χ0) is 12.8. The van der Waals surface area contributed by atoms with Crippen LogP contribution in [0.1, 0.15) is 34.1 Å². The van der Waals surface area contributed by atoms with Gasteiger partial charge < -0.3 is 9.47 Å². The van der Waals surface area contributed by atoms with Gasteiger partial charge in [-0.05, 0) is 24.3 Å². The molecule has 0 spiro atoms. The molecule has 0 amide bonds. The number of hydrogen-bond acceptors (Lipinski definition) is 5. The molecule has 0 atom stereocenters. The first-order chi connectivity index (χ1) is 8.08. The van der Waals surface area contributed by atoms with Crippen LogP contribution in [0.15, 0.2) is 24.3 Å². The van der Waals surface area contributed by atoms with E-state index in [1.54, 1.807) is 6.92 Å². The average Bonchev–Trinajstić information content (AvgIpc) is 2.37. The van der Waals surface area contributed by atoms with Crippen LogP contribution in [0.5, 0.6) is 0 Å². The molecule has 0 aliphatic heterocycles. The number of hydrogen-bond donors (Lipinski definition) is 0. The Kier molecular flexibility index (Phi) is 4.39. The van der Waals surface area contributed by atoms with Crippen molar-refractivity contribution in [2.75, 3.05) is 7.11 Å². The lowest BCUT2D eigenvalue weighted by Crippen LogP contribution is -2.11. The Labute approximate surface area is 98.3 Å². The van der Waals surface area contributed by atoms with Crippen molar-refractivity contribution in [1.29, 1.82) is 0 Å². The second kappa shape index (κ2) is 5.79. The van der Waals surface area contributed by atoms with Crippen LogP contribution in [0.3, 0.4) is 0 Å². The fourth-order valence-electron chi connectivity index (χ4n) is 1.09. The van der Waals surface area contributed by atoms with E-state index < -0.39 is 17.9 Å². The maximum Gasteiger partial charge on any atom is 0.345 e. The van der Waals surface area contributed by atoms with Crippen LogP contribution in [0.4, 0.5) is 0 Å². The summed E-state index contributed by atoms with van der Waals surface area (Å²) in [6.45, 7) is 1.59. The van der Waals surface area contributed by atoms with Crippen molar-refractivity contribution in [1.82, 2.24) is 0 Å². The lowest BCUT2D eigenvalue weighted by molar-refractivity contribution is -0.137. The molecule has 0 radical (unpaired) electrons. The second-order valence-corrected chi connectivity index (χ2v) is 3.18. The first kappa shape index (κ1) is 12.9. The summed E-state index contributed by atoms with van der Waals surface area (Å²) in [4.78, 5) is 33.4. The molecule has 0 aliphatic carbocycles. The Morgan fingerprint density at radius 2 is 1.47 bits per heavy atom. The van der Waals surface area contributed by atoms with Crippen LogP contribution < -0.4 is 0 Å². The quantitative estimate of drug-likeness (QED) is 0.588. The number of carbonyl (C=O) groups excluding carboxylic acids is 3. The fourth-order valence-corrected chi connectivity index (χ4v) is 1.09. The standard InChI is InChI=1S/C12H12O5/c1-3-10(13)17-12(15)9-6-4-8(5-7-9)11(14)16-2/h4-7H,3H2,1-2H3. The van der Waals surface area contributed by atoms with Gasteiger partial charge in [-0.3, -0.25) is 4.79 Å². The number of ether oxygens (including phenoxy) is 2. The third kappa shape index (κ3) is 3.41. The van der Waals surface area contributed by atoms with Crippen molar-refractivity contribution in [2.45, 2.75) is 13.3 Å². The third-order valence-electron chi connectivity index (χ3n) is 2.04. The van der Waals surface area contributed by atoms with Crippen LogP contribution >= 0.6 is 0 Å². The first-order valence-corrected chi connectivity index (χ1v) is 5.02. The van der Waals surface area contributed by atoms with Crippen molar-refractivity contribution in [3.63, 3.8) is 0 Å². The summed E-state index contributed by atoms with van der Waals surface area (Å²) in [7, 11) is 1.27. The molecule has 0 fully saturated rings. The Morgan fingerprint density at radius 1 is 1.00 bits per heavy atom. The van der Waals surface area contributed by atoms with E-state index >= 15 is 0 Å². The maximum absolute atomic E-state index is 11.4. The molecule has 17 heavy (non-hydrogen) atoms. The minimum Gasteiger partial charge on any atom is -0.465 e. The van der Waals surface area contributed by atoms with E-state index in [9.17, 15) is 14.4 Å². The normalized spacial score (nSPS) is 9.53. The van der Waals surface area contributed by atoms with Gasteiger partial charge in [0.1, 0.15) is 0 Å². The minimum atomic E-state index is -0.728. The second-order valence-electron chi connectivity index (χ2n) is 3.18. The molecule has 0 saturated carbocycles. The molecule has 0 bridgehead atoms. The van der Waals surface area contributed by atoms with Crippen molar-refractivity contribution in [2.24, 2.45) is 0 Å². The molecule has 5 heteroatoms. The van der Waals surface area contributed by atoms with Crippen molar-refractivity contribution < 1.29 is 23.9 Å². The summed E-state index contributed by atoms with van der Waals surface area (Å²) < 4.78 is 9.03. The first-order valence-electron chi connectivity index (χ1n) is 5.02. The smallest absolute Gasteiger partial charge is 0.345 e. The molecule has 0 heterocycles. The van der Waals surface area contributed by atoms with Gasteiger partial charge in [0.25, 0.3) is 0 Å². The average molecular weight is 236 g/mol. The zero-order valence-electron chi connectivity index (χ0n) is 9.56. The Hall–Kier alpha value is -2.17. The summed E-state index contributed by atoms with van der Waals surface area (Å²) in [5, 5.41) is 0. The topological polar surface area (TPSA) is 69.7 Å². The predicted molar refractivity (Wildman–Crippen MR) is 58.5 cm³/mol. The molecule has 1 aromatic rings. The van der Waals surface area contributed by atoms with Gasteiger partial charge in [0.15, 0.2) is 0 Å². The molecular formula is C12H12O5. The van der Waals surface area contributed by atoms with Gasteiger partial charge in [0, 0.05) is 6.42 Å². The number of carbonyl (C=O) groups is 3. The Morgan fingerprint density at radius 3 is 1.88 bits per heavy atom. The van der Waals surface area contributed by atoms with E-state index in [-0.39, 0.29) is 12.0 Å². The summed E-state index contributed by atoms with van der Waals surface area (Å²) >= 11 is 0. The van der Waals surface area contributed by atoms with E-state index in [0.29, 0.717) is 5.56 Å². The van der Waals surface area contributed by atoms with E-state index in [1.165, 1.54) is 31.4 Å². The van der Waals surface area contributed by atoms with Crippen LogP contribution in [0, 0.1) is 0 Å². The summed E-state index contributed by atoms with van der Waals surface area (Å²) in [5.74, 6) is -1.81.